The zero-order valence-corrected chi connectivity index (χ0v) is 29.7. The van der Waals surface area contributed by atoms with Crippen LogP contribution in [-0.4, -0.2) is 0 Å². The molecule has 2 heterocycles. The van der Waals surface area contributed by atoms with Crippen molar-refractivity contribution in [2.24, 2.45) is 0 Å². The number of para-hydroxylation sites is 1. The van der Waals surface area contributed by atoms with Gasteiger partial charge >= 0.3 is 0 Å². The molecular weight excluding hydrogens is 651 g/mol. The summed E-state index contributed by atoms with van der Waals surface area (Å²) in [5, 5.41) is 7.28. The van der Waals surface area contributed by atoms with Crippen molar-refractivity contribution in [2.75, 3.05) is 4.90 Å². The summed E-state index contributed by atoms with van der Waals surface area (Å²) in [7, 11) is 0. The lowest BCUT2D eigenvalue weighted by Gasteiger charge is -2.28. The summed E-state index contributed by atoms with van der Waals surface area (Å²) in [4.78, 5) is 2.41. The number of hydrogen-bond acceptors (Lipinski definition) is 3. The fourth-order valence-corrected chi connectivity index (χ4v) is 9.93. The Morgan fingerprint density at radius 2 is 1.15 bits per heavy atom. The Morgan fingerprint density at radius 1 is 0.481 bits per heavy atom. The van der Waals surface area contributed by atoms with Gasteiger partial charge in [0.05, 0.1) is 5.69 Å². The molecule has 0 amide bonds. The van der Waals surface area contributed by atoms with Gasteiger partial charge in [-0.1, -0.05) is 135 Å². The SMILES string of the molecule is CC1(C)c2ccccc2-c2ccc(N(c3ccc4c(c3)sc3ccccc34)c3cccc4c3oc3cc(-c5ccccc5)c5ccccc5c34)cc21. The van der Waals surface area contributed by atoms with E-state index in [2.05, 4.69) is 183 Å². The summed E-state index contributed by atoms with van der Waals surface area (Å²) in [5.74, 6) is 0. The van der Waals surface area contributed by atoms with Gasteiger partial charge in [0.2, 0.25) is 0 Å². The molecule has 8 aromatic carbocycles. The van der Waals surface area contributed by atoms with E-state index >= 15 is 0 Å². The summed E-state index contributed by atoms with van der Waals surface area (Å²) in [5.41, 5.74) is 12.6. The highest BCUT2D eigenvalue weighted by molar-refractivity contribution is 7.25. The zero-order valence-electron chi connectivity index (χ0n) is 28.9. The quantitative estimate of drug-likeness (QED) is 0.184. The van der Waals surface area contributed by atoms with E-state index in [1.165, 1.54) is 64.3 Å². The van der Waals surface area contributed by atoms with Crippen molar-refractivity contribution >= 4 is 81.3 Å². The molecule has 0 atom stereocenters. The minimum absolute atomic E-state index is 0.124. The van der Waals surface area contributed by atoms with Crippen LogP contribution in [0.25, 0.3) is 75.1 Å². The maximum Gasteiger partial charge on any atom is 0.159 e. The van der Waals surface area contributed by atoms with Crippen molar-refractivity contribution in [3.63, 3.8) is 0 Å². The Bertz CT molecular complexity index is 3060. The summed E-state index contributed by atoms with van der Waals surface area (Å²) >= 11 is 1.85. The summed E-state index contributed by atoms with van der Waals surface area (Å²) in [6.07, 6.45) is 0. The van der Waals surface area contributed by atoms with Crippen LogP contribution in [0.3, 0.4) is 0 Å². The molecule has 0 spiro atoms. The van der Waals surface area contributed by atoms with E-state index in [0.29, 0.717) is 0 Å². The molecule has 0 bridgehead atoms. The highest BCUT2D eigenvalue weighted by Crippen LogP contribution is 2.52. The molecule has 1 aliphatic carbocycles. The van der Waals surface area contributed by atoms with Crippen LogP contribution in [0.1, 0.15) is 25.0 Å². The molecule has 52 heavy (non-hydrogen) atoms. The third-order valence-electron chi connectivity index (χ3n) is 11.3. The number of thiophene rings is 1. The average Bonchev–Trinajstić information content (AvgIpc) is 3.83. The van der Waals surface area contributed by atoms with Gasteiger partial charge < -0.3 is 9.32 Å². The molecule has 10 aromatic rings. The van der Waals surface area contributed by atoms with Crippen LogP contribution in [0.15, 0.2) is 168 Å². The van der Waals surface area contributed by atoms with Gasteiger partial charge in [0.25, 0.3) is 0 Å². The molecule has 0 fully saturated rings. The van der Waals surface area contributed by atoms with Crippen LogP contribution in [0.4, 0.5) is 17.1 Å². The molecule has 0 N–H and O–H groups in total. The van der Waals surface area contributed by atoms with Crippen molar-refractivity contribution in [3.05, 3.63) is 175 Å². The fraction of sp³-hybridized carbons (Fsp3) is 0.0612. The van der Waals surface area contributed by atoms with E-state index in [-0.39, 0.29) is 5.41 Å². The van der Waals surface area contributed by atoms with Gasteiger partial charge in [-0.2, -0.15) is 0 Å². The largest absolute Gasteiger partial charge is 0.454 e. The molecular formula is C49H33NOS. The van der Waals surface area contributed by atoms with Crippen LogP contribution in [-0.2, 0) is 5.41 Å². The molecule has 1 aliphatic rings. The Balaban J connectivity index is 1.19. The topological polar surface area (TPSA) is 16.4 Å². The molecule has 11 rings (SSSR count). The molecule has 0 saturated heterocycles. The van der Waals surface area contributed by atoms with E-state index in [1.54, 1.807) is 0 Å². The molecule has 2 aromatic heterocycles. The van der Waals surface area contributed by atoms with E-state index in [9.17, 15) is 0 Å². The smallest absolute Gasteiger partial charge is 0.159 e. The van der Waals surface area contributed by atoms with Crippen LogP contribution < -0.4 is 4.90 Å². The van der Waals surface area contributed by atoms with E-state index in [0.717, 1.165) is 39.0 Å². The number of rotatable bonds is 4. The Hall–Kier alpha value is -6.16. The van der Waals surface area contributed by atoms with Gasteiger partial charge in [0, 0.05) is 47.7 Å². The minimum atomic E-state index is -0.124. The van der Waals surface area contributed by atoms with Crippen LogP contribution in [0, 0.1) is 0 Å². The molecule has 3 heteroatoms. The Morgan fingerprint density at radius 3 is 2.04 bits per heavy atom. The molecule has 0 radical (unpaired) electrons. The third-order valence-corrected chi connectivity index (χ3v) is 12.4. The normalized spacial score (nSPS) is 13.3. The molecule has 2 nitrogen and oxygen atoms in total. The van der Waals surface area contributed by atoms with Gasteiger partial charge in [-0.15, -0.1) is 11.3 Å². The number of furan rings is 1. The standard InChI is InChI=1S/C49H33NOS/c1-49(2)41-20-10-8-16-34(41)35-25-23-31(27-42(35)49)50(32-24-26-37-36-17-9-11-22-45(36)52-46(37)28-32)43-21-12-19-39-47-38-18-7-6-15-33(38)40(29-44(47)51-48(39)43)30-13-4-3-5-14-30/h3-29H,1-2H3. The minimum Gasteiger partial charge on any atom is -0.454 e. The molecule has 0 aliphatic heterocycles. The summed E-state index contributed by atoms with van der Waals surface area (Å²) in [6.45, 7) is 4.70. The molecule has 0 unspecified atom stereocenters. The van der Waals surface area contributed by atoms with Gasteiger partial charge in [-0.25, -0.2) is 0 Å². The van der Waals surface area contributed by atoms with Crippen molar-refractivity contribution in [1.29, 1.82) is 0 Å². The fourth-order valence-electron chi connectivity index (χ4n) is 8.79. The van der Waals surface area contributed by atoms with Crippen LogP contribution >= 0.6 is 11.3 Å². The first kappa shape index (κ1) is 29.6. The van der Waals surface area contributed by atoms with Crippen LogP contribution in [0.2, 0.25) is 0 Å². The van der Waals surface area contributed by atoms with Crippen molar-refractivity contribution in [1.82, 2.24) is 0 Å². The Kier molecular flexibility index (Phi) is 6.21. The second kappa shape index (κ2) is 10.9. The first-order valence-corrected chi connectivity index (χ1v) is 18.7. The maximum absolute atomic E-state index is 7.06. The van der Waals surface area contributed by atoms with Gasteiger partial charge in [0.15, 0.2) is 5.58 Å². The lowest BCUT2D eigenvalue weighted by molar-refractivity contribution is 0.660. The monoisotopic (exact) mass is 683 g/mol. The predicted octanol–water partition coefficient (Wildman–Crippen LogP) is 14.6. The van der Waals surface area contributed by atoms with Gasteiger partial charge in [-0.3, -0.25) is 0 Å². The second-order valence-corrected chi connectivity index (χ2v) is 15.6. The van der Waals surface area contributed by atoms with E-state index in [4.69, 9.17) is 4.42 Å². The number of fused-ring (bicyclic) bond motifs is 11. The second-order valence-electron chi connectivity index (χ2n) is 14.5. The van der Waals surface area contributed by atoms with Crippen molar-refractivity contribution < 1.29 is 4.42 Å². The van der Waals surface area contributed by atoms with E-state index < -0.39 is 0 Å². The maximum atomic E-state index is 7.06. The third kappa shape index (κ3) is 4.17. The van der Waals surface area contributed by atoms with Crippen LogP contribution in [0.5, 0.6) is 0 Å². The zero-order chi connectivity index (χ0) is 34.6. The summed E-state index contributed by atoms with van der Waals surface area (Å²) in [6, 6.07) is 59.8. The molecule has 0 saturated carbocycles. The lowest BCUT2D eigenvalue weighted by atomic mass is 9.82. The van der Waals surface area contributed by atoms with Gasteiger partial charge in [-0.05, 0) is 86.6 Å². The predicted molar refractivity (Wildman–Crippen MR) is 222 cm³/mol. The van der Waals surface area contributed by atoms with Crippen molar-refractivity contribution in [2.45, 2.75) is 19.3 Å². The van der Waals surface area contributed by atoms with E-state index in [1.807, 2.05) is 11.3 Å². The average molecular weight is 684 g/mol. The number of nitrogens with zero attached hydrogens (tertiary/aromatic N) is 1. The highest BCUT2D eigenvalue weighted by atomic mass is 32.1. The highest BCUT2D eigenvalue weighted by Gasteiger charge is 2.36. The summed E-state index contributed by atoms with van der Waals surface area (Å²) < 4.78 is 9.63. The Labute approximate surface area is 305 Å². The first-order chi connectivity index (χ1) is 25.5. The van der Waals surface area contributed by atoms with Crippen molar-refractivity contribution in [3.8, 4) is 22.3 Å². The van der Waals surface area contributed by atoms with Gasteiger partial charge in [0.1, 0.15) is 5.58 Å². The number of hydrogen-bond donors (Lipinski definition) is 0. The lowest BCUT2D eigenvalue weighted by Crippen LogP contribution is -2.16. The first-order valence-electron chi connectivity index (χ1n) is 17.9. The number of benzene rings is 8. The number of anilines is 3. The molecule has 246 valence electrons.